The fourth-order valence-electron chi connectivity index (χ4n) is 5.37. The number of hydrogen-bond acceptors (Lipinski definition) is 1. The zero-order valence-corrected chi connectivity index (χ0v) is 20.1. The molecule has 0 atom stereocenters. The first-order chi connectivity index (χ1) is 10.3. The second kappa shape index (κ2) is 7.02. The highest BCUT2D eigenvalue weighted by Crippen LogP contribution is 2.65. The molecule has 0 spiro atoms. The van der Waals surface area contributed by atoms with E-state index in [2.05, 4.69) is 119 Å². The Bertz CT molecular complexity index is 406. The summed E-state index contributed by atoms with van der Waals surface area (Å²) in [5.74, 6) is 0. The summed E-state index contributed by atoms with van der Waals surface area (Å²) < 4.78 is 12.8. The normalized spacial score (nSPS) is 15.6. The molecule has 0 N–H and O–H groups in total. The van der Waals surface area contributed by atoms with Crippen LogP contribution in [-0.2, 0) is 0 Å². The third-order valence-electron chi connectivity index (χ3n) is 5.15. The molecule has 0 unspecified atom stereocenters. The Morgan fingerprint density at radius 1 is 0.500 bits per heavy atom. The Kier molecular flexibility index (Phi) is 7.05. The van der Waals surface area contributed by atoms with Crippen LogP contribution in [0.2, 0.25) is 0 Å². The average Bonchev–Trinajstić information content (AvgIpc) is 2.22. The van der Waals surface area contributed by atoms with Crippen molar-refractivity contribution >= 4 is 7.51 Å². The van der Waals surface area contributed by atoms with Gasteiger partial charge in [-0.25, -0.2) is 0 Å². The van der Waals surface area contributed by atoms with Crippen molar-refractivity contribution in [2.24, 2.45) is 21.0 Å². The lowest BCUT2D eigenvalue weighted by Crippen LogP contribution is -2.60. The lowest BCUT2D eigenvalue weighted by atomic mass is 9.50. The third kappa shape index (κ3) is 3.77. The first kappa shape index (κ1) is 24.1. The molecule has 0 saturated carbocycles. The van der Waals surface area contributed by atoms with E-state index in [4.69, 9.17) is 4.74 Å². The summed E-state index contributed by atoms with van der Waals surface area (Å²) in [5, 5.41) is 0. The molecule has 24 heavy (non-hydrogen) atoms. The first-order valence-corrected chi connectivity index (χ1v) is 10.6. The van der Waals surface area contributed by atoms with E-state index < -0.39 is 7.51 Å². The van der Waals surface area contributed by atoms with Crippen LogP contribution < -0.4 is 0 Å². The van der Waals surface area contributed by atoms with Crippen molar-refractivity contribution in [2.75, 3.05) is 42.3 Å². The first-order valence-electron chi connectivity index (χ1n) is 8.96. The van der Waals surface area contributed by atoms with Crippen molar-refractivity contribution in [2.45, 2.75) is 67.9 Å². The van der Waals surface area contributed by atoms with Gasteiger partial charge in [-0.1, -0.05) is 62.3 Å². The molecule has 0 rings (SSSR count). The highest BCUT2D eigenvalue weighted by Gasteiger charge is 2.59. The van der Waals surface area contributed by atoms with E-state index in [1.807, 2.05) is 0 Å². The minimum absolute atomic E-state index is 0.0246. The van der Waals surface area contributed by atoms with Gasteiger partial charge in [-0.2, -0.15) is 0 Å². The van der Waals surface area contributed by atoms with Crippen molar-refractivity contribution in [1.29, 1.82) is 0 Å². The Morgan fingerprint density at radius 2 is 0.708 bits per heavy atom. The van der Waals surface area contributed by atoms with E-state index in [1.165, 1.54) is 0 Å². The van der Waals surface area contributed by atoms with Gasteiger partial charge in [-0.05, 0) is 58.5 Å². The topological polar surface area (TPSA) is 22.1 Å². The van der Waals surface area contributed by atoms with Crippen molar-refractivity contribution in [3.05, 3.63) is 0 Å². The summed E-state index contributed by atoms with van der Waals surface area (Å²) in [6, 6.07) is 0. The summed E-state index contributed by atoms with van der Waals surface area (Å²) in [5.41, 5.74) is -0.135. The molecular formula is C19H45N4P. The molecule has 0 radical (unpaired) electrons. The van der Waals surface area contributed by atoms with Crippen LogP contribution in [0.5, 0.6) is 0 Å². The van der Waals surface area contributed by atoms with Crippen LogP contribution in [0.15, 0.2) is 4.74 Å². The van der Waals surface area contributed by atoms with E-state index in [0.717, 1.165) is 0 Å². The molecule has 0 aromatic rings. The second-order valence-electron chi connectivity index (χ2n) is 10.6. The van der Waals surface area contributed by atoms with Gasteiger partial charge < -0.3 is 0 Å². The molecular weight excluding hydrogens is 315 g/mol. The number of rotatable bonds is 4. The van der Waals surface area contributed by atoms with E-state index in [0.29, 0.717) is 0 Å². The van der Waals surface area contributed by atoms with Crippen LogP contribution >= 0.6 is 7.51 Å². The van der Waals surface area contributed by atoms with Crippen molar-refractivity contribution in [3.8, 4) is 0 Å². The minimum Gasteiger partial charge on any atom is -0.252 e. The van der Waals surface area contributed by atoms with E-state index in [1.54, 1.807) is 0 Å². The summed E-state index contributed by atoms with van der Waals surface area (Å²) >= 11 is 0. The Labute approximate surface area is 153 Å². The van der Waals surface area contributed by atoms with Gasteiger partial charge >= 0.3 is 0 Å². The molecule has 0 bridgehead atoms. The monoisotopic (exact) mass is 360 g/mol. The van der Waals surface area contributed by atoms with Crippen LogP contribution in [-0.4, -0.2) is 61.8 Å². The molecule has 0 aromatic heterocycles. The Balaban J connectivity index is 7.37. The second-order valence-corrected chi connectivity index (χ2v) is 14.3. The minimum atomic E-state index is -2.00. The molecule has 0 aliphatic carbocycles. The number of hydrogen-bond donors (Lipinski definition) is 0. The van der Waals surface area contributed by atoms with Gasteiger partial charge in [0.25, 0.3) is 0 Å². The van der Waals surface area contributed by atoms with Crippen LogP contribution in [0.1, 0.15) is 62.3 Å². The summed E-state index contributed by atoms with van der Waals surface area (Å²) in [7, 11) is 11.0. The van der Waals surface area contributed by atoms with Crippen LogP contribution in [0.25, 0.3) is 0 Å². The Hall–Kier alpha value is 0.110. The molecule has 0 aromatic carbocycles. The molecule has 0 fully saturated rings. The predicted molar refractivity (Wildman–Crippen MR) is 112 cm³/mol. The van der Waals surface area contributed by atoms with Gasteiger partial charge in [0, 0.05) is 0 Å². The standard InChI is InChI=1S/C19H45N4P/c1-16(2,3)19(17(4,5)6,18(7,8)9)20-24(21(10)11,22(12)13)23(14)15/h1-15H3. The maximum Gasteiger partial charge on any atom is 0.166 e. The molecule has 0 heterocycles. The van der Waals surface area contributed by atoms with E-state index >= 15 is 0 Å². The summed E-state index contributed by atoms with van der Waals surface area (Å²) in [6.45, 7) is 21.1. The highest BCUT2D eigenvalue weighted by molar-refractivity contribution is 7.59. The van der Waals surface area contributed by atoms with Crippen molar-refractivity contribution in [3.63, 3.8) is 0 Å². The Morgan fingerprint density at radius 3 is 0.833 bits per heavy atom. The molecule has 5 heteroatoms. The maximum absolute atomic E-state index is 5.84. The molecule has 4 nitrogen and oxygen atoms in total. The molecule has 0 saturated heterocycles. The predicted octanol–water partition coefficient (Wildman–Crippen LogP) is 5.49. The van der Waals surface area contributed by atoms with Crippen molar-refractivity contribution < 1.29 is 0 Å². The summed E-state index contributed by atoms with van der Waals surface area (Å²) in [4.78, 5) is 0. The number of nitrogens with zero attached hydrogens (tertiary/aromatic N) is 4. The quantitative estimate of drug-likeness (QED) is 0.619. The van der Waals surface area contributed by atoms with Gasteiger partial charge in [0.05, 0.1) is 5.54 Å². The third-order valence-corrected chi connectivity index (χ3v) is 8.94. The van der Waals surface area contributed by atoms with Gasteiger partial charge in [-0.15, -0.1) is 0 Å². The fraction of sp³-hybridized carbons (Fsp3) is 1.00. The molecule has 0 aliphatic heterocycles. The zero-order valence-electron chi connectivity index (χ0n) is 19.2. The molecule has 0 aliphatic rings. The van der Waals surface area contributed by atoms with Crippen LogP contribution in [0.3, 0.4) is 0 Å². The van der Waals surface area contributed by atoms with Crippen LogP contribution in [0, 0.1) is 16.2 Å². The van der Waals surface area contributed by atoms with Crippen molar-refractivity contribution in [1.82, 2.24) is 14.0 Å². The highest BCUT2D eigenvalue weighted by atomic mass is 31.2. The molecule has 0 amide bonds. The fourth-order valence-corrected chi connectivity index (χ4v) is 9.35. The lowest BCUT2D eigenvalue weighted by Gasteiger charge is -2.60. The summed E-state index contributed by atoms with van der Waals surface area (Å²) in [6.07, 6.45) is 0. The molecule has 146 valence electrons. The van der Waals surface area contributed by atoms with Gasteiger partial charge in [-0.3, -0.25) is 18.8 Å². The lowest BCUT2D eigenvalue weighted by molar-refractivity contribution is -0.0313. The largest absolute Gasteiger partial charge is 0.252 e. The van der Waals surface area contributed by atoms with Gasteiger partial charge in [0.2, 0.25) is 0 Å². The average molecular weight is 361 g/mol. The van der Waals surface area contributed by atoms with Gasteiger partial charge in [0.15, 0.2) is 7.51 Å². The van der Waals surface area contributed by atoms with E-state index in [9.17, 15) is 0 Å². The maximum atomic E-state index is 5.84. The SMILES string of the molecule is CN(C)P(=NC(C(C)(C)C)(C(C)(C)C)C(C)(C)C)(N(C)C)N(C)C. The van der Waals surface area contributed by atoms with Gasteiger partial charge in [0.1, 0.15) is 0 Å². The zero-order chi connectivity index (χ0) is 19.9. The smallest absolute Gasteiger partial charge is 0.166 e. The van der Waals surface area contributed by atoms with Crippen LogP contribution in [0.4, 0.5) is 0 Å². The van der Waals surface area contributed by atoms with E-state index in [-0.39, 0.29) is 21.8 Å².